The van der Waals surface area contributed by atoms with Crippen LogP contribution in [-0.4, -0.2) is 31.6 Å². The number of rotatable bonds is 5. The van der Waals surface area contributed by atoms with Crippen LogP contribution in [0.2, 0.25) is 0 Å². The Kier molecular flexibility index (Phi) is 6.41. The predicted octanol–water partition coefficient (Wildman–Crippen LogP) is 3.78. The molecule has 8 heteroatoms. The number of aromatic nitrogens is 3. The zero-order valence-corrected chi connectivity index (χ0v) is 18.9. The number of nitrogens with one attached hydrogen (secondary N) is 1. The van der Waals surface area contributed by atoms with Gasteiger partial charge in [0, 0.05) is 5.56 Å². The first-order valence-corrected chi connectivity index (χ1v) is 11.2. The standard InChI is InChI=1S/C22H30N6OS/c1-15(19(29)25-22(14-23)12-6-5-7-13-22)30-20-27-26-18(28(20)24)16-8-10-17(11-9-16)21(2,3)4/h8-11,15H,5-7,12-13,24H2,1-4H3,(H,25,29)/t15-/m1/s1. The molecule has 0 bridgehead atoms. The van der Waals surface area contributed by atoms with E-state index in [2.05, 4.69) is 54.5 Å². The second-order valence-corrected chi connectivity index (χ2v) is 10.3. The van der Waals surface area contributed by atoms with Crippen molar-refractivity contribution in [1.82, 2.24) is 20.2 Å². The van der Waals surface area contributed by atoms with Crippen LogP contribution < -0.4 is 11.2 Å². The highest BCUT2D eigenvalue weighted by Gasteiger charge is 2.35. The van der Waals surface area contributed by atoms with E-state index in [1.54, 1.807) is 6.92 Å². The van der Waals surface area contributed by atoms with Crippen LogP contribution in [0.25, 0.3) is 11.4 Å². The number of nitrogen functional groups attached to an aromatic ring is 1. The lowest BCUT2D eigenvalue weighted by atomic mass is 9.83. The Bertz CT molecular complexity index is 932. The summed E-state index contributed by atoms with van der Waals surface area (Å²) in [6.07, 6.45) is 4.44. The summed E-state index contributed by atoms with van der Waals surface area (Å²) >= 11 is 1.24. The molecule has 1 aromatic heterocycles. The zero-order valence-electron chi connectivity index (χ0n) is 18.1. The summed E-state index contributed by atoms with van der Waals surface area (Å²) in [4.78, 5) is 12.7. The first-order chi connectivity index (χ1) is 14.1. The molecule has 1 heterocycles. The molecule has 0 unspecified atom stereocenters. The monoisotopic (exact) mass is 426 g/mol. The molecule has 30 heavy (non-hydrogen) atoms. The third kappa shape index (κ3) is 4.78. The first-order valence-electron chi connectivity index (χ1n) is 10.4. The molecule has 0 spiro atoms. The number of benzene rings is 1. The number of nitrogens with two attached hydrogens (primary N) is 1. The van der Waals surface area contributed by atoms with Crippen molar-refractivity contribution in [2.24, 2.45) is 0 Å². The van der Waals surface area contributed by atoms with Crippen LogP contribution in [0.4, 0.5) is 0 Å². The Hall–Kier alpha value is -2.53. The number of nitriles is 1. The van der Waals surface area contributed by atoms with Crippen LogP contribution in [0, 0.1) is 11.3 Å². The number of nitrogens with zero attached hydrogens (tertiary/aromatic N) is 4. The van der Waals surface area contributed by atoms with E-state index in [1.165, 1.54) is 22.0 Å². The van der Waals surface area contributed by atoms with Crippen LogP contribution in [0.3, 0.4) is 0 Å². The minimum absolute atomic E-state index is 0.0673. The Morgan fingerprint density at radius 3 is 2.43 bits per heavy atom. The van der Waals surface area contributed by atoms with E-state index in [0.717, 1.165) is 24.8 Å². The van der Waals surface area contributed by atoms with E-state index in [1.807, 2.05) is 12.1 Å². The molecular weight excluding hydrogens is 396 g/mol. The fraction of sp³-hybridized carbons (Fsp3) is 0.545. The molecule has 1 amide bonds. The van der Waals surface area contributed by atoms with Gasteiger partial charge >= 0.3 is 0 Å². The number of hydrogen-bond acceptors (Lipinski definition) is 6. The average Bonchev–Trinajstić information content (AvgIpc) is 3.08. The van der Waals surface area contributed by atoms with Gasteiger partial charge < -0.3 is 11.2 Å². The summed E-state index contributed by atoms with van der Waals surface area (Å²) in [5.74, 6) is 6.60. The molecule has 3 rings (SSSR count). The Labute approximate surface area is 182 Å². The van der Waals surface area contributed by atoms with Crippen LogP contribution in [0.15, 0.2) is 29.4 Å². The quantitative estimate of drug-likeness (QED) is 0.556. The van der Waals surface area contributed by atoms with E-state index in [-0.39, 0.29) is 11.3 Å². The number of thioether (sulfide) groups is 1. The van der Waals surface area contributed by atoms with Gasteiger partial charge in [0.05, 0.1) is 11.3 Å². The van der Waals surface area contributed by atoms with Crippen LogP contribution in [-0.2, 0) is 10.2 Å². The van der Waals surface area contributed by atoms with Gasteiger partial charge in [-0.15, -0.1) is 10.2 Å². The second kappa shape index (κ2) is 8.68. The number of amides is 1. The smallest absolute Gasteiger partial charge is 0.234 e. The normalized spacial score (nSPS) is 17.2. The molecule has 7 nitrogen and oxygen atoms in total. The van der Waals surface area contributed by atoms with Crippen molar-refractivity contribution in [1.29, 1.82) is 5.26 Å². The fourth-order valence-electron chi connectivity index (χ4n) is 3.64. The molecule has 1 aliphatic carbocycles. The van der Waals surface area contributed by atoms with Crippen molar-refractivity contribution < 1.29 is 4.79 Å². The average molecular weight is 427 g/mol. The van der Waals surface area contributed by atoms with Crippen LogP contribution >= 0.6 is 11.8 Å². The second-order valence-electron chi connectivity index (χ2n) is 9.01. The molecule has 0 radical (unpaired) electrons. The van der Waals surface area contributed by atoms with Gasteiger partial charge in [0.1, 0.15) is 5.54 Å². The zero-order chi connectivity index (χ0) is 21.9. The highest BCUT2D eigenvalue weighted by atomic mass is 32.2. The largest absolute Gasteiger partial charge is 0.337 e. The molecule has 0 saturated heterocycles. The molecule has 3 N–H and O–H groups in total. The first kappa shape index (κ1) is 22.2. The Morgan fingerprint density at radius 2 is 1.87 bits per heavy atom. The molecule has 1 aromatic carbocycles. The molecule has 0 aliphatic heterocycles. The molecule has 1 aliphatic rings. The minimum Gasteiger partial charge on any atom is -0.337 e. The van der Waals surface area contributed by atoms with Gasteiger partial charge in [0.25, 0.3) is 0 Å². The maximum Gasteiger partial charge on any atom is 0.234 e. The van der Waals surface area contributed by atoms with Crippen molar-refractivity contribution in [3.8, 4) is 17.5 Å². The molecule has 2 aromatic rings. The van der Waals surface area contributed by atoms with Crippen molar-refractivity contribution in [2.75, 3.05) is 5.84 Å². The van der Waals surface area contributed by atoms with E-state index >= 15 is 0 Å². The van der Waals surface area contributed by atoms with Gasteiger partial charge in [0.2, 0.25) is 11.1 Å². The Balaban J connectivity index is 1.70. The van der Waals surface area contributed by atoms with Gasteiger partial charge in [-0.1, -0.05) is 76.1 Å². The third-order valence-corrected chi connectivity index (χ3v) is 6.67. The molecule has 1 fully saturated rings. The van der Waals surface area contributed by atoms with Crippen molar-refractivity contribution in [2.45, 2.75) is 81.2 Å². The van der Waals surface area contributed by atoms with Crippen molar-refractivity contribution in [3.05, 3.63) is 29.8 Å². The van der Waals surface area contributed by atoms with E-state index < -0.39 is 10.8 Å². The van der Waals surface area contributed by atoms with Crippen LogP contribution in [0.5, 0.6) is 0 Å². The lowest BCUT2D eigenvalue weighted by molar-refractivity contribution is -0.121. The summed E-state index contributed by atoms with van der Waals surface area (Å²) in [5, 5.41) is 21.0. The van der Waals surface area contributed by atoms with Gasteiger partial charge in [0.15, 0.2) is 5.82 Å². The highest BCUT2D eigenvalue weighted by molar-refractivity contribution is 8.00. The maximum atomic E-state index is 12.7. The lowest BCUT2D eigenvalue weighted by Crippen LogP contribution is -2.51. The SMILES string of the molecule is C[C@@H](Sc1nnc(-c2ccc(C(C)(C)C)cc2)n1N)C(=O)NC1(C#N)CCCCC1. The van der Waals surface area contributed by atoms with Gasteiger partial charge in [-0.05, 0) is 30.7 Å². The summed E-state index contributed by atoms with van der Waals surface area (Å²) < 4.78 is 1.42. The topological polar surface area (TPSA) is 110 Å². The van der Waals surface area contributed by atoms with Gasteiger partial charge in [-0.25, -0.2) is 4.68 Å². The summed E-state index contributed by atoms with van der Waals surface area (Å²) in [5.41, 5.74) is 1.41. The number of carbonyl (C=O) groups excluding carboxylic acids is 1. The molecular formula is C22H30N6OS. The van der Waals surface area contributed by atoms with E-state index in [0.29, 0.717) is 23.8 Å². The lowest BCUT2D eigenvalue weighted by Gasteiger charge is -2.32. The molecule has 160 valence electrons. The van der Waals surface area contributed by atoms with Gasteiger partial charge in [-0.3, -0.25) is 4.79 Å². The fourth-order valence-corrected chi connectivity index (χ4v) is 4.41. The summed E-state index contributed by atoms with van der Waals surface area (Å²) in [6, 6.07) is 10.4. The minimum atomic E-state index is -0.750. The van der Waals surface area contributed by atoms with Crippen LogP contribution in [0.1, 0.15) is 65.4 Å². The summed E-state index contributed by atoms with van der Waals surface area (Å²) in [6.45, 7) is 8.29. The molecule has 1 atom stereocenters. The Morgan fingerprint density at radius 1 is 1.23 bits per heavy atom. The predicted molar refractivity (Wildman–Crippen MR) is 119 cm³/mol. The van der Waals surface area contributed by atoms with E-state index in [9.17, 15) is 10.1 Å². The highest BCUT2D eigenvalue weighted by Crippen LogP contribution is 2.30. The molecule has 1 saturated carbocycles. The van der Waals surface area contributed by atoms with E-state index in [4.69, 9.17) is 5.84 Å². The third-order valence-electron chi connectivity index (χ3n) is 5.61. The van der Waals surface area contributed by atoms with Crippen molar-refractivity contribution in [3.63, 3.8) is 0 Å². The maximum absolute atomic E-state index is 12.7. The summed E-state index contributed by atoms with van der Waals surface area (Å²) in [7, 11) is 0. The van der Waals surface area contributed by atoms with Crippen molar-refractivity contribution >= 4 is 17.7 Å². The number of carbonyl (C=O) groups is 1. The number of hydrogen-bond donors (Lipinski definition) is 2. The van der Waals surface area contributed by atoms with Gasteiger partial charge in [-0.2, -0.15) is 5.26 Å².